The summed E-state index contributed by atoms with van der Waals surface area (Å²) in [5.74, 6) is -0.983. The van der Waals surface area contributed by atoms with Gasteiger partial charge in [0.2, 0.25) is 5.91 Å². The number of aliphatic carboxylic acids is 1. The molecule has 1 spiro atoms. The molecule has 0 saturated heterocycles. The molecule has 0 aromatic heterocycles. The molecule has 35 heavy (non-hydrogen) atoms. The average Bonchev–Trinajstić information content (AvgIpc) is 3.12. The van der Waals surface area contributed by atoms with Gasteiger partial charge in [-0.3, -0.25) is 9.59 Å². The maximum absolute atomic E-state index is 12.8. The Balaban J connectivity index is 1.16. The summed E-state index contributed by atoms with van der Waals surface area (Å²) >= 11 is 0. The summed E-state index contributed by atoms with van der Waals surface area (Å²) in [5.41, 5.74) is 5.00. The molecule has 184 valence electrons. The minimum Gasteiger partial charge on any atom is -0.481 e. The van der Waals surface area contributed by atoms with E-state index >= 15 is 0 Å². The van der Waals surface area contributed by atoms with Crippen molar-refractivity contribution in [3.8, 4) is 11.1 Å². The number of benzene rings is 2. The Labute approximate surface area is 205 Å². The molecule has 7 nitrogen and oxygen atoms in total. The predicted octanol–water partition coefficient (Wildman–Crippen LogP) is 4.46. The number of nitrogens with one attached hydrogen (secondary N) is 2. The van der Waals surface area contributed by atoms with Crippen molar-refractivity contribution in [3.05, 3.63) is 59.7 Å². The molecule has 1 atom stereocenters. The molecule has 3 N–H and O–H groups in total. The summed E-state index contributed by atoms with van der Waals surface area (Å²) in [6.45, 7) is 0.702. The molecule has 0 bridgehead atoms. The molecule has 7 heteroatoms. The van der Waals surface area contributed by atoms with Crippen molar-refractivity contribution < 1.29 is 24.2 Å². The predicted molar refractivity (Wildman–Crippen MR) is 131 cm³/mol. The molecule has 0 radical (unpaired) electrons. The molecule has 2 aromatic rings. The second-order valence-corrected chi connectivity index (χ2v) is 10.3. The molecule has 0 heterocycles. The van der Waals surface area contributed by atoms with Gasteiger partial charge in [0.15, 0.2) is 0 Å². The highest BCUT2D eigenvalue weighted by Gasteiger charge is 2.47. The summed E-state index contributed by atoms with van der Waals surface area (Å²) < 4.78 is 5.56. The molecule has 5 rings (SSSR count). The monoisotopic (exact) mass is 476 g/mol. The minimum absolute atomic E-state index is 0.0139. The summed E-state index contributed by atoms with van der Waals surface area (Å²) in [7, 11) is 0. The third kappa shape index (κ3) is 4.90. The Kier molecular flexibility index (Phi) is 6.50. The van der Waals surface area contributed by atoms with Crippen molar-refractivity contribution in [2.45, 2.75) is 56.9 Å². The lowest BCUT2D eigenvalue weighted by Crippen LogP contribution is -2.51. The first-order valence-corrected chi connectivity index (χ1v) is 12.6. The van der Waals surface area contributed by atoms with E-state index in [1.807, 2.05) is 36.4 Å². The maximum Gasteiger partial charge on any atom is 0.407 e. The van der Waals surface area contributed by atoms with Gasteiger partial charge in [0, 0.05) is 18.9 Å². The van der Waals surface area contributed by atoms with E-state index in [0.29, 0.717) is 17.9 Å². The maximum atomic E-state index is 12.8. The fourth-order valence-electron chi connectivity index (χ4n) is 6.08. The SMILES string of the molecule is O=C(O)CCC(NC(=O)OCC1c2ccccc2-c2ccccc21)C(=O)NCC1CC2(CCC2)C1. The van der Waals surface area contributed by atoms with Crippen molar-refractivity contribution in [2.75, 3.05) is 13.2 Å². The number of ether oxygens (including phenoxy) is 1. The van der Waals surface area contributed by atoms with E-state index in [1.54, 1.807) is 0 Å². The number of alkyl carbamates (subject to hydrolysis) is 1. The smallest absolute Gasteiger partial charge is 0.407 e. The van der Waals surface area contributed by atoms with Gasteiger partial charge in [0.05, 0.1) is 0 Å². The summed E-state index contributed by atoms with van der Waals surface area (Å²) in [5, 5.41) is 14.6. The van der Waals surface area contributed by atoms with Crippen LogP contribution in [0.1, 0.15) is 62.0 Å². The van der Waals surface area contributed by atoms with Crippen LogP contribution in [0, 0.1) is 11.3 Å². The number of carboxylic acids is 1. The molecular formula is C28H32N2O5. The van der Waals surface area contributed by atoms with Crippen LogP contribution >= 0.6 is 0 Å². The Morgan fingerprint density at radius 3 is 2.20 bits per heavy atom. The van der Waals surface area contributed by atoms with Crippen molar-refractivity contribution in [3.63, 3.8) is 0 Å². The Morgan fingerprint density at radius 1 is 1.00 bits per heavy atom. The fraction of sp³-hybridized carbons (Fsp3) is 0.464. The standard InChI is InChI=1S/C28H32N2O5/c31-25(32)11-10-24(26(33)29-16-18-14-28(15-18)12-5-13-28)30-27(34)35-17-23-21-8-3-1-6-19(21)20-7-2-4-9-22(20)23/h1-4,6-9,18,23-24H,5,10-17H2,(H,29,33)(H,30,34)(H,31,32). The first kappa shape index (κ1) is 23.4. The lowest BCUT2D eigenvalue weighted by atomic mass is 9.52. The van der Waals surface area contributed by atoms with Crippen LogP contribution in [0.4, 0.5) is 4.79 Å². The van der Waals surface area contributed by atoms with E-state index in [1.165, 1.54) is 19.3 Å². The number of carbonyl (C=O) groups is 3. The van der Waals surface area contributed by atoms with Crippen LogP contribution < -0.4 is 10.6 Å². The van der Waals surface area contributed by atoms with E-state index in [-0.39, 0.29) is 31.3 Å². The van der Waals surface area contributed by atoms with Crippen LogP contribution in [-0.2, 0) is 14.3 Å². The van der Waals surface area contributed by atoms with E-state index in [4.69, 9.17) is 9.84 Å². The molecule has 2 amide bonds. The number of hydrogen-bond acceptors (Lipinski definition) is 4. The second-order valence-electron chi connectivity index (χ2n) is 10.3. The van der Waals surface area contributed by atoms with Crippen LogP contribution in [0.15, 0.2) is 48.5 Å². The lowest BCUT2D eigenvalue weighted by molar-refractivity contribution is -0.137. The van der Waals surface area contributed by atoms with Gasteiger partial charge in [-0.05, 0) is 65.7 Å². The zero-order valence-electron chi connectivity index (χ0n) is 19.8. The number of hydrogen-bond donors (Lipinski definition) is 3. The lowest BCUT2D eigenvalue weighted by Gasteiger charge is -2.54. The molecule has 0 aliphatic heterocycles. The molecule has 3 aliphatic rings. The average molecular weight is 477 g/mol. The quantitative estimate of drug-likeness (QED) is 0.496. The van der Waals surface area contributed by atoms with E-state index < -0.39 is 18.1 Å². The zero-order valence-corrected chi connectivity index (χ0v) is 19.8. The summed E-state index contributed by atoms with van der Waals surface area (Å²) in [6.07, 6.45) is 5.27. The largest absolute Gasteiger partial charge is 0.481 e. The Hall–Kier alpha value is -3.35. The first-order valence-electron chi connectivity index (χ1n) is 12.6. The van der Waals surface area contributed by atoms with Crippen LogP contribution in [0.3, 0.4) is 0 Å². The van der Waals surface area contributed by atoms with Gasteiger partial charge in [-0.1, -0.05) is 55.0 Å². The molecular weight excluding hydrogens is 444 g/mol. The van der Waals surface area contributed by atoms with Gasteiger partial charge in [-0.2, -0.15) is 0 Å². The van der Waals surface area contributed by atoms with E-state index in [2.05, 4.69) is 22.8 Å². The van der Waals surface area contributed by atoms with Crippen molar-refractivity contribution in [1.82, 2.24) is 10.6 Å². The van der Waals surface area contributed by atoms with Gasteiger partial charge < -0.3 is 20.5 Å². The Morgan fingerprint density at radius 2 is 1.63 bits per heavy atom. The number of amides is 2. The first-order chi connectivity index (χ1) is 16.9. The Bertz CT molecular complexity index is 1070. The molecule has 1 unspecified atom stereocenters. The van der Waals surface area contributed by atoms with Crippen LogP contribution in [0.5, 0.6) is 0 Å². The van der Waals surface area contributed by atoms with Crippen LogP contribution in [-0.4, -0.2) is 42.3 Å². The van der Waals surface area contributed by atoms with Gasteiger partial charge in [-0.25, -0.2) is 4.79 Å². The van der Waals surface area contributed by atoms with Gasteiger partial charge >= 0.3 is 12.1 Å². The highest BCUT2D eigenvalue weighted by Crippen LogP contribution is 2.58. The normalized spacial score (nSPS) is 18.5. The van der Waals surface area contributed by atoms with Crippen molar-refractivity contribution in [2.24, 2.45) is 11.3 Å². The molecule has 2 fully saturated rings. The van der Waals surface area contributed by atoms with Crippen molar-refractivity contribution in [1.29, 1.82) is 0 Å². The fourth-order valence-corrected chi connectivity index (χ4v) is 6.08. The third-order valence-corrected chi connectivity index (χ3v) is 8.02. The number of rotatable bonds is 9. The molecule has 2 aromatic carbocycles. The topological polar surface area (TPSA) is 105 Å². The number of carbonyl (C=O) groups excluding carboxylic acids is 2. The van der Waals surface area contributed by atoms with Gasteiger partial charge in [0.1, 0.15) is 12.6 Å². The van der Waals surface area contributed by atoms with E-state index in [0.717, 1.165) is 35.1 Å². The summed E-state index contributed by atoms with van der Waals surface area (Å²) in [6, 6.07) is 15.2. The molecule has 3 aliphatic carbocycles. The zero-order chi connectivity index (χ0) is 24.4. The number of fused-ring (bicyclic) bond motifs is 3. The van der Waals surface area contributed by atoms with E-state index in [9.17, 15) is 14.4 Å². The van der Waals surface area contributed by atoms with Gasteiger partial charge in [-0.15, -0.1) is 0 Å². The summed E-state index contributed by atoms with van der Waals surface area (Å²) in [4.78, 5) is 36.6. The number of carboxylic acid groups (broad SMARTS) is 1. The highest BCUT2D eigenvalue weighted by molar-refractivity contribution is 5.86. The van der Waals surface area contributed by atoms with Crippen molar-refractivity contribution >= 4 is 18.0 Å². The third-order valence-electron chi connectivity index (χ3n) is 8.02. The van der Waals surface area contributed by atoms with Crippen LogP contribution in [0.2, 0.25) is 0 Å². The molecule has 2 saturated carbocycles. The van der Waals surface area contributed by atoms with Gasteiger partial charge in [0.25, 0.3) is 0 Å². The highest BCUT2D eigenvalue weighted by atomic mass is 16.5. The minimum atomic E-state index is -1.01. The second kappa shape index (κ2) is 9.72. The van der Waals surface area contributed by atoms with Crippen LogP contribution in [0.25, 0.3) is 11.1 Å².